The maximum atomic E-state index is 12.5. The standard InChI is InChI=1S/C17H22O2/c1-2-15(16(18)13-9-5-3-6-10-13)17(19)14-11-7-4-8-12-14/h3,5-6,9-10,14-15H,2,4,7-8,11-12H2,1H3. The molecule has 0 aromatic heterocycles. The van der Waals surface area contributed by atoms with Crippen molar-refractivity contribution in [1.82, 2.24) is 0 Å². The Bertz CT molecular complexity index is 430. The maximum absolute atomic E-state index is 12.5. The van der Waals surface area contributed by atoms with Crippen LogP contribution in [-0.4, -0.2) is 11.6 Å². The van der Waals surface area contributed by atoms with Gasteiger partial charge in [-0.25, -0.2) is 0 Å². The number of rotatable bonds is 5. The third-order valence-corrected chi connectivity index (χ3v) is 4.13. The molecular formula is C17H22O2. The molecular weight excluding hydrogens is 236 g/mol. The van der Waals surface area contributed by atoms with Gasteiger partial charge in [0.2, 0.25) is 0 Å². The molecule has 2 rings (SSSR count). The Morgan fingerprint density at radius 1 is 1.11 bits per heavy atom. The van der Waals surface area contributed by atoms with Crippen molar-refractivity contribution in [2.75, 3.05) is 0 Å². The van der Waals surface area contributed by atoms with Crippen molar-refractivity contribution >= 4 is 11.6 Å². The highest BCUT2D eigenvalue weighted by atomic mass is 16.2. The summed E-state index contributed by atoms with van der Waals surface area (Å²) in [5.41, 5.74) is 0.665. The van der Waals surface area contributed by atoms with Crippen molar-refractivity contribution < 1.29 is 9.59 Å². The summed E-state index contributed by atoms with van der Waals surface area (Å²) in [7, 11) is 0. The normalized spacial score (nSPS) is 17.9. The van der Waals surface area contributed by atoms with E-state index in [1.807, 2.05) is 25.1 Å². The minimum Gasteiger partial charge on any atom is -0.299 e. The first-order valence-corrected chi connectivity index (χ1v) is 7.37. The van der Waals surface area contributed by atoms with Gasteiger partial charge >= 0.3 is 0 Å². The third-order valence-electron chi connectivity index (χ3n) is 4.13. The summed E-state index contributed by atoms with van der Waals surface area (Å²) in [6.45, 7) is 1.94. The van der Waals surface area contributed by atoms with Gasteiger partial charge < -0.3 is 0 Å². The molecule has 0 bridgehead atoms. The second kappa shape index (κ2) is 6.65. The summed E-state index contributed by atoms with van der Waals surface area (Å²) in [4.78, 5) is 25.0. The summed E-state index contributed by atoms with van der Waals surface area (Å²) in [6.07, 6.45) is 6.05. The van der Waals surface area contributed by atoms with E-state index < -0.39 is 5.92 Å². The van der Waals surface area contributed by atoms with E-state index >= 15 is 0 Å². The molecule has 0 radical (unpaired) electrons. The van der Waals surface area contributed by atoms with Crippen LogP contribution in [0, 0.1) is 11.8 Å². The molecule has 1 aromatic carbocycles. The molecule has 2 nitrogen and oxygen atoms in total. The predicted molar refractivity (Wildman–Crippen MR) is 76.1 cm³/mol. The van der Waals surface area contributed by atoms with Crippen molar-refractivity contribution in [3.8, 4) is 0 Å². The zero-order valence-electron chi connectivity index (χ0n) is 11.6. The molecule has 0 saturated heterocycles. The van der Waals surface area contributed by atoms with Gasteiger partial charge in [-0.2, -0.15) is 0 Å². The highest BCUT2D eigenvalue weighted by Crippen LogP contribution is 2.28. The fraction of sp³-hybridized carbons (Fsp3) is 0.529. The summed E-state index contributed by atoms with van der Waals surface area (Å²) >= 11 is 0. The van der Waals surface area contributed by atoms with Gasteiger partial charge in [-0.3, -0.25) is 9.59 Å². The number of ketones is 2. The van der Waals surface area contributed by atoms with Gasteiger partial charge in [0.15, 0.2) is 5.78 Å². The topological polar surface area (TPSA) is 34.1 Å². The van der Waals surface area contributed by atoms with Crippen molar-refractivity contribution in [2.24, 2.45) is 11.8 Å². The Morgan fingerprint density at radius 2 is 1.74 bits per heavy atom. The largest absolute Gasteiger partial charge is 0.299 e. The molecule has 0 aliphatic heterocycles. The van der Waals surface area contributed by atoms with Crippen molar-refractivity contribution in [1.29, 1.82) is 0 Å². The smallest absolute Gasteiger partial charge is 0.173 e. The molecule has 1 aromatic rings. The van der Waals surface area contributed by atoms with Crippen LogP contribution in [0.3, 0.4) is 0 Å². The summed E-state index contributed by atoms with van der Waals surface area (Å²) < 4.78 is 0. The van der Waals surface area contributed by atoms with Crippen LogP contribution in [-0.2, 0) is 4.79 Å². The Kier molecular flexibility index (Phi) is 4.89. The van der Waals surface area contributed by atoms with Crippen molar-refractivity contribution in [3.05, 3.63) is 35.9 Å². The van der Waals surface area contributed by atoms with Crippen LogP contribution in [0.4, 0.5) is 0 Å². The average Bonchev–Trinajstić information content (AvgIpc) is 2.49. The fourth-order valence-electron chi connectivity index (χ4n) is 2.99. The van der Waals surface area contributed by atoms with E-state index in [0.29, 0.717) is 12.0 Å². The molecule has 0 N–H and O–H groups in total. The SMILES string of the molecule is CCC(C(=O)c1ccccc1)C(=O)C1CCCCC1. The molecule has 1 unspecified atom stereocenters. The number of carbonyl (C=O) groups excluding carboxylic acids is 2. The lowest BCUT2D eigenvalue weighted by Gasteiger charge is -2.24. The fourth-order valence-corrected chi connectivity index (χ4v) is 2.99. The van der Waals surface area contributed by atoms with E-state index in [2.05, 4.69) is 0 Å². The lowest BCUT2D eigenvalue weighted by atomic mass is 9.78. The lowest BCUT2D eigenvalue weighted by Crippen LogP contribution is -2.30. The van der Waals surface area contributed by atoms with Crippen LogP contribution in [0.25, 0.3) is 0 Å². The van der Waals surface area contributed by atoms with Gasteiger partial charge in [-0.1, -0.05) is 56.5 Å². The molecule has 1 saturated carbocycles. The predicted octanol–water partition coefficient (Wildman–Crippen LogP) is 4.04. The molecule has 19 heavy (non-hydrogen) atoms. The van der Waals surface area contributed by atoms with Gasteiger partial charge in [0.25, 0.3) is 0 Å². The van der Waals surface area contributed by atoms with Gasteiger partial charge in [0, 0.05) is 11.5 Å². The Labute approximate surface area is 115 Å². The lowest BCUT2D eigenvalue weighted by molar-refractivity contribution is -0.126. The summed E-state index contributed by atoms with van der Waals surface area (Å²) in [5, 5.41) is 0. The first-order valence-electron chi connectivity index (χ1n) is 7.37. The average molecular weight is 258 g/mol. The minimum atomic E-state index is -0.439. The molecule has 0 spiro atoms. The Hall–Kier alpha value is -1.44. The highest BCUT2D eigenvalue weighted by Gasteiger charge is 2.31. The van der Waals surface area contributed by atoms with E-state index in [0.717, 1.165) is 25.7 Å². The van der Waals surface area contributed by atoms with E-state index in [1.54, 1.807) is 12.1 Å². The number of carbonyl (C=O) groups is 2. The van der Waals surface area contributed by atoms with Crippen LogP contribution in [0.1, 0.15) is 55.8 Å². The van der Waals surface area contributed by atoms with Crippen LogP contribution in [0.15, 0.2) is 30.3 Å². The van der Waals surface area contributed by atoms with Gasteiger partial charge in [0.05, 0.1) is 5.92 Å². The molecule has 1 aliphatic rings. The van der Waals surface area contributed by atoms with E-state index in [-0.39, 0.29) is 17.5 Å². The monoisotopic (exact) mass is 258 g/mol. The summed E-state index contributed by atoms with van der Waals surface area (Å²) in [5.74, 6) is -0.147. The number of hydrogen-bond donors (Lipinski definition) is 0. The summed E-state index contributed by atoms with van der Waals surface area (Å²) in [6, 6.07) is 9.20. The van der Waals surface area contributed by atoms with Gasteiger partial charge in [-0.15, -0.1) is 0 Å². The Morgan fingerprint density at radius 3 is 2.32 bits per heavy atom. The molecule has 0 amide bonds. The third kappa shape index (κ3) is 3.31. The molecule has 1 aliphatic carbocycles. The number of benzene rings is 1. The quantitative estimate of drug-likeness (QED) is 0.590. The van der Waals surface area contributed by atoms with Crippen molar-refractivity contribution in [2.45, 2.75) is 45.4 Å². The highest BCUT2D eigenvalue weighted by molar-refractivity contribution is 6.11. The first-order chi connectivity index (χ1) is 9.24. The molecule has 102 valence electrons. The van der Waals surface area contributed by atoms with Crippen LogP contribution < -0.4 is 0 Å². The van der Waals surface area contributed by atoms with Gasteiger partial charge in [0.1, 0.15) is 5.78 Å². The van der Waals surface area contributed by atoms with E-state index in [1.165, 1.54) is 6.42 Å². The molecule has 1 atom stereocenters. The minimum absolute atomic E-state index is 0.00123. The van der Waals surface area contributed by atoms with Crippen LogP contribution >= 0.6 is 0 Å². The number of Topliss-reactive ketones (excluding diaryl/α,β-unsaturated/α-hetero) is 2. The molecule has 2 heteroatoms. The Balaban J connectivity index is 2.10. The zero-order chi connectivity index (χ0) is 13.7. The van der Waals surface area contributed by atoms with Gasteiger partial charge in [-0.05, 0) is 19.3 Å². The molecule has 1 fully saturated rings. The maximum Gasteiger partial charge on any atom is 0.173 e. The van der Waals surface area contributed by atoms with Crippen LogP contribution in [0.5, 0.6) is 0 Å². The zero-order valence-corrected chi connectivity index (χ0v) is 11.6. The second-order valence-corrected chi connectivity index (χ2v) is 5.43. The van der Waals surface area contributed by atoms with Crippen molar-refractivity contribution in [3.63, 3.8) is 0 Å². The second-order valence-electron chi connectivity index (χ2n) is 5.43. The number of hydrogen-bond acceptors (Lipinski definition) is 2. The first kappa shape index (κ1) is 14.0. The van der Waals surface area contributed by atoms with E-state index in [4.69, 9.17) is 0 Å². The van der Waals surface area contributed by atoms with E-state index in [9.17, 15) is 9.59 Å². The molecule has 0 heterocycles. The van der Waals surface area contributed by atoms with Crippen LogP contribution in [0.2, 0.25) is 0 Å².